The second kappa shape index (κ2) is 10.8. The number of anilines is 3. The molecule has 0 aliphatic carbocycles. The van der Waals surface area contributed by atoms with Crippen molar-refractivity contribution >= 4 is 60.5 Å². The lowest BCUT2D eigenvalue weighted by molar-refractivity contribution is 0.669. The number of nitrogens with zero attached hydrogens (tertiary/aromatic N) is 1. The van der Waals surface area contributed by atoms with Crippen molar-refractivity contribution in [2.45, 2.75) is 0 Å². The largest absolute Gasteiger partial charge is 0.456 e. The first-order valence-electron chi connectivity index (χ1n) is 15.7. The van der Waals surface area contributed by atoms with Crippen LogP contribution in [0.3, 0.4) is 0 Å². The molecule has 0 radical (unpaired) electrons. The number of hydrogen-bond donors (Lipinski definition) is 0. The third-order valence-corrected chi connectivity index (χ3v) is 9.04. The summed E-state index contributed by atoms with van der Waals surface area (Å²) in [5, 5.41) is 7.13. The van der Waals surface area contributed by atoms with Crippen LogP contribution in [0.1, 0.15) is 0 Å². The molecule has 2 nitrogen and oxygen atoms in total. The van der Waals surface area contributed by atoms with E-state index in [1.54, 1.807) is 0 Å². The lowest BCUT2D eigenvalue weighted by Gasteiger charge is -2.28. The van der Waals surface area contributed by atoms with Crippen LogP contribution >= 0.6 is 0 Å². The summed E-state index contributed by atoms with van der Waals surface area (Å²) < 4.78 is 6.32. The van der Waals surface area contributed by atoms with Gasteiger partial charge in [0.1, 0.15) is 11.2 Å². The monoisotopic (exact) mass is 587 g/mol. The number of furan rings is 1. The zero-order valence-electron chi connectivity index (χ0n) is 25.1. The second-order valence-corrected chi connectivity index (χ2v) is 11.7. The van der Waals surface area contributed by atoms with Gasteiger partial charge in [0.15, 0.2) is 0 Å². The Morgan fingerprint density at radius 3 is 1.89 bits per heavy atom. The third-order valence-electron chi connectivity index (χ3n) is 9.04. The van der Waals surface area contributed by atoms with E-state index >= 15 is 0 Å². The van der Waals surface area contributed by atoms with Crippen LogP contribution in [0.2, 0.25) is 0 Å². The quantitative estimate of drug-likeness (QED) is 0.199. The molecule has 0 unspecified atom stereocenters. The van der Waals surface area contributed by atoms with Gasteiger partial charge in [0, 0.05) is 32.9 Å². The minimum atomic E-state index is 0.913. The molecule has 0 bridgehead atoms. The lowest BCUT2D eigenvalue weighted by atomic mass is 9.91. The van der Waals surface area contributed by atoms with Gasteiger partial charge in [-0.2, -0.15) is 0 Å². The highest BCUT2D eigenvalue weighted by Gasteiger charge is 2.20. The van der Waals surface area contributed by atoms with E-state index in [1.165, 1.54) is 49.2 Å². The normalized spacial score (nSPS) is 11.5. The second-order valence-electron chi connectivity index (χ2n) is 11.7. The number of benzene rings is 8. The fraction of sp³-hybridized carbons (Fsp3) is 0. The molecule has 0 fully saturated rings. The molecule has 1 heterocycles. The van der Waals surface area contributed by atoms with E-state index in [2.05, 4.69) is 175 Å². The summed E-state index contributed by atoms with van der Waals surface area (Å²) in [6, 6.07) is 62.7. The fourth-order valence-electron chi connectivity index (χ4n) is 6.99. The summed E-state index contributed by atoms with van der Waals surface area (Å²) in [6.07, 6.45) is 0. The Morgan fingerprint density at radius 1 is 0.370 bits per heavy atom. The molecule has 2 heteroatoms. The van der Waals surface area contributed by atoms with Crippen molar-refractivity contribution in [1.82, 2.24) is 0 Å². The fourth-order valence-corrected chi connectivity index (χ4v) is 6.99. The van der Waals surface area contributed by atoms with Crippen LogP contribution in [0.15, 0.2) is 180 Å². The Kier molecular flexibility index (Phi) is 6.17. The third kappa shape index (κ3) is 4.27. The molecule has 0 saturated carbocycles. The molecule has 1 aromatic heterocycles. The first-order chi connectivity index (χ1) is 22.8. The van der Waals surface area contributed by atoms with Gasteiger partial charge in [0.2, 0.25) is 0 Å². The van der Waals surface area contributed by atoms with Gasteiger partial charge in [0.25, 0.3) is 0 Å². The molecule has 0 aliphatic rings. The molecular formula is C44H29NO. The van der Waals surface area contributed by atoms with E-state index in [1.807, 2.05) is 6.07 Å². The predicted octanol–water partition coefficient (Wildman–Crippen LogP) is 12.7. The number of para-hydroxylation sites is 2. The molecule has 0 spiro atoms. The van der Waals surface area contributed by atoms with Gasteiger partial charge < -0.3 is 9.32 Å². The van der Waals surface area contributed by atoms with Crippen molar-refractivity contribution in [3.63, 3.8) is 0 Å². The highest BCUT2D eigenvalue weighted by molar-refractivity contribution is 6.24. The maximum Gasteiger partial charge on any atom is 0.136 e. The van der Waals surface area contributed by atoms with Crippen molar-refractivity contribution in [3.8, 4) is 22.3 Å². The Labute approximate surface area is 267 Å². The molecule has 9 rings (SSSR count). The zero-order chi connectivity index (χ0) is 30.5. The van der Waals surface area contributed by atoms with E-state index in [-0.39, 0.29) is 0 Å². The van der Waals surface area contributed by atoms with Crippen molar-refractivity contribution in [3.05, 3.63) is 176 Å². The Hall–Kier alpha value is -6.12. The summed E-state index contributed by atoms with van der Waals surface area (Å²) in [5.41, 5.74) is 9.98. The molecule has 46 heavy (non-hydrogen) atoms. The molecule has 9 aromatic rings. The summed E-state index contributed by atoms with van der Waals surface area (Å²) in [7, 11) is 0. The first kappa shape index (κ1) is 26.3. The van der Waals surface area contributed by atoms with Crippen LogP contribution < -0.4 is 4.90 Å². The Balaban J connectivity index is 1.30. The van der Waals surface area contributed by atoms with E-state index in [9.17, 15) is 0 Å². The Morgan fingerprint density at radius 2 is 1.04 bits per heavy atom. The lowest BCUT2D eigenvalue weighted by Crippen LogP contribution is -2.10. The molecule has 0 saturated heterocycles. The standard InChI is InChI=1S/C44H29NO/c1-3-13-30(14-4-1)32-16-11-19-34(29-32)45(33-17-5-2-6-18-33)40-27-26-36(35-20-7-8-21-37(35)40)38-23-12-15-31-25-28-42-44(43(31)38)39-22-9-10-24-41(39)46-42/h1-29H. The van der Waals surface area contributed by atoms with Crippen LogP contribution in [-0.2, 0) is 0 Å². The summed E-state index contributed by atoms with van der Waals surface area (Å²) in [5.74, 6) is 0. The number of rotatable bonds is 5. The van der Waals surface area contributed by atoms with Crippen LogP contribution in [-0.4, -0.2) is 0 Å². The van der Waals surface area contributed by atoms with E-state index in [4.69, 9.17) is 4.42 Å². The van der Waals surface area contributed by atoms with Crippen molar-refractivity contribution in [1.29, 1.82) is 0 Å². The molecule has 8 aromatic carbocycles. The summed E-state index contributed by atoms with van der Waals surface area (Å²) >= 11 is 0. The van der Waals surface area contributed by atoms with Gasteiger partial charge in [-0.05, 0) is 75.5 Å². The Bertz CT molecular complexity index is 2530. The van der Waals surface area contributed by atoms with Crippen LogP contribution in [0.5, 0.6) is 0 Å². The van der Waals surface area contributed by atoms with Crippen molar-refractivity contribution < 1.29 is 4.42 Å². The average molecular weight is 588 g/mol. The molecule has 0 N–H and O–H groups in total. The minimum Gasteiger partial charge on any atom is -0.456 e. The highest BCUT2D eigenvalue weighted by atomic mass is 16.3. The van der Waals surface area contributed by atoms with Crippen molar-refractivity contribution in [2.75, 3.05) is 4.90 Å². The van der Waals surface area contributed by atoms with Gasteiger partial charge in [-0.3, -0.25) is 0 Å². The van der Waals surface area contributed by atoms with Crippen LogP contribution in [0.25, 0.3) is 65.7 Å². The van der Waals surface area contributed by atoms with Gasteiger partial charge in [-0.25, -0.2) is 0 Å². The molecule has 0 atom stereocenters. The van der Waals surface area contributed by atoms with Crippen molar-refractivity contribution in [2.24, 2.45) is 0 Å². The maximum absolute atomic E-state index is 6.32. The minimum absolute atomic E-state index is 0.913. The number of fused-ring (bicyclic) bond motifs is 6. The molecule has 0 amide bonds. The summed E-state index contributed by atoms with van der Waals surface area (Å²) in [4.78, 5) is 2.38. The van der Waals surface area contributed by atoms with E-state index in [0.717, 1.165) is 33.6 Å². The number of hydrogen-bond acceptors (Lipinski definition) is 2. The van der Waals surface area contributed by atoms with Gasteiger partial charge >= 0.3 is 0 Å². The molecule has 216 valence electrons. The summed E-state index contributed by atoms with van der Waals surface area (Å²) in [6.45, 7) is 0. The molecule has 0 aliphatic heterocycles. The predicted molar refractivity (Wildman–Crippen MR) is 194 cm³/mol. The van der Waals surface area contributed by atoms with Gasteiger partial charge in [0.05, 0.1) is 5.69 Å². The zero-order valence-corrected chi connectivity index (χ0v) is 25.1. The van der Waals surface area contributed by atoms with E-state index < -0.39 is 0 Å². The highest BCUT2D eigenvalue weighted by Crippen LogP contribution is 2.45. The molecular weight excluding hydrogens is 558 g/mol. The van der Waals surface area contributed by atoms with Crippen LogP contribution in [0, 0.1) is 0 Å². The maximum atomic E-state index is 6.32. The first-order valence-corrected chi connectivity index (χ1v) is 15.7. The SMILES string of the molecule is c1ccc(-c2cccc(N(c3ccccc3)c3ccc(-c4cccc5ccc6oc7ccccc7c6c45)c4ccccc34)c2)cc1. The van der Waals surface area contributed by atoms with Crippen LogP contribution in [0.4, 0.5) is 17.1 Å². The van der Waals surface area contributed by atoms with Gasteiger partial charge in [-0.1, -0.05) is 133 Å². The smallest absolute Gasteiger partial charge is 0.136 e. The van der Waals surface area contributed by atoms with E-state index in [0.29, 0.717) is 0 Å². The van der Waals surface area contributed by atoms with Gasteiger partial charge in [-0.15, -0.1) is 0 Å². The topological polar surface area (TPSA) is 16.4 Å². The average Bonchev–Trinajstić information content (AvgIpc) is 3.52.